The Hall–Kier alpha value is -3.23. The molecule has 202 valence electrons. The lowest BCUT2D eigenvalue weighted by molar-refractivity contribution is -0.126. The SMILES string of the molecule is Cc1ccc(OCC(=O)NCCCCC(=O)N[C@@H](Cc2ccc(Cl)cc2)C(=O)CSCc2ccco2)cc1. The van der Waals surface area contributed by atoms with Gasteiger partial charge in [-0.25, -0.2) is 0 Å². The largest absolute Gasteiger partial charge is 0.484 e. The molecule has 0 spiro atoms. The van der Waals surface area contributed by atoms with Gasteiger partial charge in [-0.05, 0) is 68.1 Å². The van der Waals surface area contributed by atoms with E-state index < -0.39 is 6.04 Å². The van der Waals surface area contributed by atoms with Crippen LogP contribution in [0.25, 0.3) is 0 Å². The first kappa shape index (κ1) is 29.3. The Morgan fingerprint density at radius 3 is 2.47 bits per heavy atom. The molecular weight excluding hydrogens is 524 g/mol. The van der Waals surface area contributed by atoms with Crippen molar-refractivity contribution in [3.63, 3.8) is 0 Å². The molecule has 0 radical (unpaired) electrons. The number of halogens is 1. The van der Waals surface area contributed by atoms with E-state index in [0.717, 1.165) is 16.9 Å². The Morgan fingerprint density at radius 1 is 1.00 bits per heavy atom. The molecule has 2 N–H and O–H groups in total. The van der Waals surface area contributed by atoms with Crippen molar-refractivity contribution in [2.75, 3.05) is 18.9 Å². The molecule has 0 bridgehead atoms. The van der Waals surface area contributed by atoms with E-state index in [9.17, 15) is 14.4 Å². The number of furan rings is 1. The predicted molar refractivity (Wildman–Crippen MR) is 150 cm³/mol. The number of carbonyl (C=O) groups is 3. The summed E-state index contributed by atoms with van der Waals surface area (Å²) in [6.45, 7) is 2.37. The number of hydrogen-bond acceptors (Lipinski definition) is 6. The van der Waals surface area contributed by atoms with E-state index in [0.29, 0.717) is 42.3 Å². The summed E-state index contributed by atoms with van der Waals surface area (Å²) in [6.07, 6.45) is 3.48. The van der Waals surface area contributed by atoms with Crippen molar-refractivity contribution in [1.29, 1.82) is 0 Å². The highest BCUT2D eigenvalue weighted by Gasteiger charge is 2.21. The van der Waals surface area contributed by atoms with Crippen LogP contribution in [-0.4, -0.2) is 42.5 Å². The van der Waals surface area contributed by atoms with E-state index in [-0.39, 0.29) is 36.4 Å². The predicted octanol–water partition coefficient (Wildman–Crippen LogP) is 5.14. The number of thioether (sulfide) groups is 1. The van der Waals surface area contributed by atoms with Crippen molar-refractivity contribution in [3.8, 4) is 5.75 Å². The van der Waals surface area contributed by atoms with Crippen LogP contribution in [0.15, 0.2) is 71.3 Å². The first-order chi connectivity index (χ1) is 18.4. The van der Waals surface area contributed by atoms with Gasteiger partial charge in [-0.2, -0.15) is 0 Å². The number of Topliss-reactive ketones (excluding diaryl/α,β-unsaturated/α-hetero) is 1. The highest BCUT2D eigenvalue weighted by molar-refractivity contribution is 7.99. The molecule has 7 nitrogen and oxygen atoms in total. The van der Waals surface area contributed by atoms with Crippen LogP contribution in [0.4, 0.5) is 0 Å². The van der Waals surface area contributed by atoms with Gasteiger partial charge in [-0.1, -0.05) is 41.4 Å². The number of ether oxygens (including phenoxy) is 1. The van der Waals surface area contributed by atoms with E-state index in [2.05, 4.69) is 10.6 Å². The number of nitrogens with one attached hydrogen (secondary N) is 2. The van der Waals surface area contributed by atoms with Crippen molar-refractivity contribution in [2.24, 2.45) is 0 Å². The van der Waals surface area contributed by atoms with Crippen molar-refractivity contribution in [1.82, 2.24) is 10.6 Å². The Balaban J connectivity index is 1.38. The molecule has 2 aromatic carbocycles. The summed E-state index contributed by atoms with van der Waals surface area (Å²) in [4.78, 5) is 37.6. The van der Waals surface area contributed by atoms with Crippen LogP contribution in [0, 0.1) is 6.92 Å². The molecule has 3 aromatic rings. The molecule has 0 aliphatic heterocycles. The van der Waals surface area contributed by atoms with Gasteiger partial charge in [0.1, 0.15) is 11.5 Å². The lowest BCUT2D eigenvalue weighted by Gasteiger charge is -2.18. The lowest BCUT2D eigenvalue weighted by Crippen LogP contribution is -2.43. The lowest BCUT2D eigenvalue weighted by atomic mass is 10.0. The van der Waals surface area contributed by atoms with Gasteiger partial charge in [0.2, 0.25) is 5.91 Å². The van der Waals surface area contributed by atoms with Gasteiger partial charge in [-0.3, -0.25) is 14.4 Å². The Morgan fingerprint density at radius 2 is 1.76 bits per heavy atom. The van der Waals surface area contributed by atoms with E-state index >= 15 is 0 Å². The topological polar surface area (TPSA) is 97.6 Å². The molecule has 38 heavy (non-hydrogen) atoms. The zero-order valence-corrected chi connectivity index (χ0v) is 23.0. The maximum Gasteiger partial charge on any atom is 0.257 e. The minimum absolute atomic E-state index is 0.0503. The quantitative estimate of drug-likeness (QED) is 0.237. The number of carbonyl (C=O) groups excluding carboxylic acids is 3. The fourth-order valence-electron chi connectivity index (χ4n) is 3.59. The third-order valence-electron chi connectivity index (χ3n) is 5.69. The number of aryl methyl sites for hydroxylation is 1. The van der Waals surface area contributed by atoms with E-state index in [4.69, 9.17) is 20.8 Å². The minimum Gasteiger partial charge on any atom is -0.484 e. The van der Waals surface area contributed by atoms with Gasteiger partial charge < -0.3 is 19.8 Å². The van der Waals surface area contributed by atoms with Crippen LogP contribution in [0.1, 0.15) is 36.1 Å². The third kappa shape index (κ3) is 11.0. The summed E-state index contributed by atoms with van der Waals surface area (Å²) in [5.74, 6) is 1.83. The summed E-state index contributed by atoms with van der Waals surface area (Å²) in [6, 6.07) is 17.8. The Bertz CT molecular complexity index is 1150. The zero-order valence-electron chi connectivity index (χ0n) is 21.4. The molecule has 3 rings (SSSR count). The van der Waals surface area contributed by atoms with Crippen molar-refractivity contribution in [2.45, 2.75) is 44.4 Å². The van der Waals surface area contributed by atoms with Crippen molar-refractivity contribution in [3.05, 3.63) is 88.8 Å². The Kier molecular flexibility index (Phi) is 12.3. The molecule has 0 saturated heterocycles. The highest BCUT2D eigenvalue weighted by atomic mass is 35.5. The fourth-order valence-corrected chi connectivity index (χ4v) is 4.58. The second-order valence-electron chi connectivity index (χ2n) is 8.90. The van der Waals surface area contributed by atoms with Crippen molar-refractivity contribution < 1.29 is 23.5 Å². The van der Waals surface area contributed by atoms with Crippen LogP contribution >= 0.6 is 23.4 Å². The van der Waals surface area contributed by atoms with E-state index in [1.807, 2.05) is 55.5 Å². The van der Waals surface area contributed by atoms with Gasteiger partial charge in [0.05, 0.1) is 23.8 Å². The second-order valence-corrected chi connectivity index (χ2v) is 10.3. The smallest absolute Gasteiger partial charge is 0.257 e. The number of amides is 2. The molecule has 1 aromatic heterocycles. The average Bonchev–Trinajstić information content (AvgIpc) is 3.42. The van der Waals surface area contributed by atoms with Crippen LogP contribution in [0.5, 0.6) is 5.75 Å². The van der Waals surface area contributed by atoms with Gasteiger partial charge in [-0.15, -0.1) is 11.8 Å². The second kappa shape index (κ2) is 15.9. The number of unbranched alkanes of at least 4 members (excludes halogenated alkanes) is 1. The maximum atomic E-state index is 13.0. The highest BCUT2D eigenvalue weighted by Crippen LogP contribution is 2.16. The molecule has 1 heterocycles. The average molecular weight is 557 g/mol. The van der Waals surface area contributed by atoms with Gasteiger partial charge >= 0.3 is 0 Å². The molecule has 0 aliphatic rings. The first-order valence-corrected chi connectivity index (χ1v) is 14.0. The van der Waals surface area contributed by atoms with E-state index in [1.165, 1.54) is 11.8 Å². The van der Waals surface area contributed by atoms with Crippen LogP contribution in [0.3, 0.4) is 0 Å². The zero-order chi connectivity index (χ0) is 27.2. The first-order valence-electron chi connectivity index (χ1n) is 12.5. The summed E-state index contributed by atoms with van der Waals surface area (Å²) >= 11 is 7.44. The normalized spacial score (nSPS) is 11.5. The van der Waals surface area contributed by atoms with Crippen LogP contribution < -0.4 is 15.4 Å². The van der Waals surface area contributed by atoms with Gasteiger partial charge in [0, 0.05) is 18.0 Å². The molecule has 0 aliphatic carbocycles. The molecule has 0 fully saturated rings. The van der Waals surface area contributed by atoms with Gasteiger partial charge in [0.25, 0.3) is 5.91 Å². The molecule has 0 unspecified atom stereocenters. The maximum absolute atomic E-state index is 13.0. The number of hydrogen-bond donors (Lipinski definition) is 2. The van der Waals surface area contributed by atoms with Gasteiger partial charge in [0.15, 0.2) is 12.4 Å². The molecular formula is C29H33ClN2O5S. The number of rotatable bonds is 16. The summed E-state index contributed by atoms with van der Waals surface area (Å²) < 4.78 is 10.8. The molecule has 1 atom stereocenters. The van der Waals surface area contributed by atoms with Crippen molar-refractivity contribution >= 4 is 41.0 Å². The number of benzene rings is 2. The van der Waals surface area contributed by atoms with Crippen LogP contribution in [-0.2, 0) is 26.6 Å². The monoisotopic (exact) mass is 556 g/mol. The third-order valence-corrected chi connectivity index (χ3v) is 6.92. The minimum atomic E-state index is -0.633. The van der Waals surface area contributed by atoms with E-state index in [1.54, 1.807) is 18.4 Å². The summed E-state index contributed by atoms with van der Waals surface area (Å²) in [7, 11) is 0. The molecule has 9 heteroatoms. The van der Waals surface area contributed by atoms with Crippen LogP contribution in [0.2, 0.25) is 5.02 Å². The summed E-state index contributed by atoms with van der Waals surface area (Å²) in [5.41, 5.74) is 2.04. The molecule has 2 amide bonds. The molecule has 0 saturated carbocycles. The number of ketones is 1. The summed E-state index contributed by atoms with van der Waals surface area (Å²) in [5, 5.41) is 6.31. The fraction of sp³-hybridized carbons (Fsp3) is 0.345. The standard InChI is InChI=1S/C29H33ClN2O5S/c1-21-7-13-24(14-8-21)37-18-29(35)31-15-3-2-6-28(34)32-26(17-22-9-11-23(30)12-10-22)27(33)20-38-19-25-5-4-16-36-25/h4-5,7-14,16,26H,2-3,6,15,17-20H2,1H3,(H,31,35)(H,32,34)/t26-/m0/s1. The Labute approximate surface area is 232 Å².